The van der Waals surface area contributed by atoms with Gasteiger partial charge in [-0.1, -0.05) is 6.07 Å². The molecule has 0 spiro atoms. The molecule has 2 amide bonds. The summed E-state index contributed by atoms with van der Waals surface area (Å²) in [7, 11) is 0. The number of benzene rings is 1. The van der Waals surface area contributed by atoms with Gasteiger partial charge in [-0.15, -0.1) is 0 Å². The molecule has 2 aromatic rings. The summed E-state index contributed by atoms with van der Waals surface area (Å²) >= 11 is 0. The normalized spacial score (nSPS) is 17.0. The van der Waals surface area contributed by atoms with Gasteiger partial charge in [-0.3, -0.25) is 0 Å². The second-order valence-corrected chi connectivity index (χ2v) is 6.57. The third-order valence-corrected chi connectivity index (χ3v) is 4.47. The molecule has 1 fully saturated rings. The Morgan fingerprint density at radius 3 is 2.89 bits per heavy atom. The smallest absolute Gasteiger partial charge is 0.317 e. The van der Waals surface area contributed by atoms with Gasteiger partial charge in [0, 0.05) is 38.3 Å². The van der Waals surface area contributed by atoms with Crippen LogP contribution in [0, 0.1) is 12.7 Å². The van der Waals surface area contributed by atoms with Gasteiger partial charge in [-0.2, -0.15) is 0 Å². The molecule has 1 unspecified atom stereocenters. The number of amides is 2. The topological polar surface area (TPSA) is 70.6 Å². The van der Waals surface area contributed by atoms with E-state index in [0.29, 0.717) is 32.0 Å². The number of hydrogen-bond acceptors (Lipinski definition) is 5. The van der Waals surface area contributed by atoms with Crippen LogP contribution in [-0.4, -0.2) is 53.1 Å². The van der Waals surface area contributed by atoms with E-state index in [1.807, 2.05) is 25.7 Å². The fourth-order valence-corrected chi connectivity index (χ4v) is 3.08. The molecular weight excluding hydrogens is 349 g/mol. The maximum atomic E-state index is 13.9. The minimum atomic E-state index is -0.440. The lowest BCUT2D eigenvalue weighted by atomic mass is 10.2. The Morgan fingerprint density at radius 2 is 2.15 bits per heavy atom. The molecule has 0 aliphatic carbocycles. The zero-order valence-electron chi connectivity index (χ0n) is 15.8. The van der Waals surface area contributed by atoms with Gasteiger partial charge in [0.25, 0.3) is 0 Å². The third-order valence-electron chi connectivity index (χ3n) is 4.47. The lowest BCUT2D eigenvalue weighted by Crippen LogP contribution is -2.56. The number of piperazine rings is 1. The molecule has 1 N–H and O–H groups in total. The van der Waals surface area contributed by atoms with Gasteiger partial charge in [0.2, 0.25) is 5.88 Å². The second-order valence-electron chi connectivity index (χ2n) is 6.57. The van der Waals surface area contributed by atoms with Gasteiger partial charge in [-0.25, -0.2) is 19.2 Å². The average molecular weight is 373 g/mol. The number of halogens is 1. The molecular formula is C19H24FN5O2. The molecule has 27 heavy (non-hydrogen) atoms. The quantitative estimate of drug-likeness (QED) is 0.892. The van der Waals surface area contributed by atoms with Crippen LogP contribution in [-0.2, 0) is 0 Å². The molecule has 1 atom stereocenters. The van der Waals surface area contributed by atoms with E-state index in [2.05, 4.69) is 20.2 Å². The van der Waals surface area contributed by atoms with Crippen LogP contribution < -0.4 is 15.0 Å². The van der Waals surface area contributed by atoms with E-state index in [4.69, 9.17) is 4.74 Å². The molecule has 1 aromatic carbocycles. The minimum absolute atomic E-state index is 0.0406. The van der Waals surface area contributed by atoms with Crippen molar-refractivity contribution in [2.24, 2.45) is 0 Å². The number of aryl methyl sites for hydroxylation is 1. The molecule has 1 aromatic heterocycles. The van der Waals surface area contributed by atoms with Crippen LogP contribution in [0.4, 0.5) is 15.0 Å². The highest BCUT2D eigenvalue weighted by atomic mass is 19.1. The molecule has 3 rings (SSSR count). The number of carbonyl (C=O) groups is 1. The van der Waals surface area contributed by atoms with E-state index in [-0.39, 0.29) is 23.7 Å². The van der Waals surface area contributed by atoms with E-state index in [0.717, 1.165) is 5.56 Å². The molecule has 1 aliphatic heterocycles. The number of rotatable bonds is 4. The van der Waals surface area contributed by atoms with E-state index in [1.54, 1.807) is 18.2 Å². The van der Waals surface area contributed by atoms with Crippen LogP contribution in [0.3, 0.4) is 0 Å². The Hall–Kier alpha value is -2.90. The van der Waals surface area contributed by atoms with Gasteiger partial charge >= 0.3 is 6.03 Å². The maximum absolute atomic E-state index is 13.9. The van der Waals surface area contributed by atoms with Crippen LogP contribution in [0.2, 0.25) is 0 Å². The number of nitrogens with zero attached hydrogens (tertiary/aromatic N) is 4. The molecule has 0 bridgehead atoms. The summed E-state index contributed by atoms with van der Waals surface area (Å²) in [4.78, 5) is 24.4. The number of hydrogen-bond donors (Lipinski definition) is 1. The Labute approximate surface area is 158 Å². The zero-order valence-corrected chi connectivity index (χ0v) is 15.8. The Balaban J connectivity index is 1.71. The molecule has 7 nitrogen and oxygen atoms in total. The van der Waals surface area contributed by atoms with Crippen molar-refractivity contribution in [2.75, 3.05) is 31.1 Å². The molecule has 1 aliphatic rings. The first-order valence-corrected chi connectivity index (χ1v) is 9.03. The second kappa shape index (κ2) is 8.20. The molecule has 8 heteroatoms. The maximum Gasteiger partial charge on any atom is 0.317 e. The van der Waals surface area contributed by atoms with Crippen molar-refractivity contribution < 1.29 is 13.9 Å². The van der Waals surface area contributed by atoms with Gasteiger partial charge in [0.1, 0.15) is 12.1 Å². The first-order valence-electron chi connectivity index (χ1n) is 9.03. The monoisotopic (exact) mass is 373 g/mol. The summed E-state index contributed by atoms with van der Waals surface area (Å²) in [5, 5.41) is 2.83. The van der Waals surface area contributed by atoms with Gasteiger partial charge < -0.3 is 19.9 Å². The van der Waals surface area contributed by atoms with Gasteiger partial charge in [0.05, 0.1) is 0 Å². The predicted molar refractivity (Wildman–Crippen MR) is 101 cm³/mol. The third kappa shape index (κ3) is 4.45. The van der Waals surface area contributed by atoms with Gasteiger partial charge in [-0.05, 0) is 38.5 Å². The van der Waals surface area contributed by atoms with Crippen LogP contribution >= 0.6 is 0 Å². The van der Waals surface area contributed by atoms with Crippen molar-refractivity contribution in [1.29, 1.82) is 0 Å². The van der Waals surface area contributed by atoms with Crippen molar-refractivity contribution in [2.45, 2.75) is 26.8 Å². The fraction of sp³-hybridized carbons (Fsp3) is 0.421. The summed E-state index contributed by atoms with van der Waals surface area (Å²) in [5.41, 5.74) is 0.899. The first kappa shape index (κ1) is 18.9. The summed E-state index contributed by atoms with van der Waals surface area (Å²) < 4.78 is 19.5. The van der Waals surface area contributed by atoms with Crippen molar-refractivity contribution in [3.05, 3.63) is 42.0 Å². The molecule has 2 heterocycles. The van der Waals surface area contributed by atoms with Crippen molar-refractivity contribution in [3.63, 3.8) is 0 Å². The predicted octanol–water partition coefficient (Wildman–Crippen LogP) is 2.96. The van der Waals surface area contributed by atoms with Crippen molar-refractivity contribution in [3.8, 4) is 11.6 Å². The highest BCUT2D eigenvalue weighted by Gasteiger charge is 2.28. The van der Waals surface area contributed by atoms with E-state index in [9.17, 15) is 9.18 Å². The van der Waals surface area contributed by atoms with Crippen molar-refractivity contribution >= 4 is 11.8 Å². The lowest BCUT2D eigenvalue weighted by Gasteiger charge is -2.40. The van der Waals surface area contributed by atoms with E-state index < -0.39 is 5.82 Å². The first-order chi connectivity index (χ1) is 13.0. The fourth-order valence-electron chi connectivity index (χ4n) is 3.08. The summed E-state index contributed by atoms with van der Waals surface area (Å²) in [6.45, 7) is 8.27. The lowest BCUT2D eigenvalue weighted by molar-refractivity contribution is 0.172. The number of carbonyl (C=O) groups excluding carboxylic acids is 1. The minimum Gasteiger partial charge on any atom is -0.436 e. The highest BCUT2D eigenvalue weighted by molar-refractivity contribution is 5.74. The SMILES string of the molecule is CCNC(=O)N1CCN(c2cc(Oc3cc(C)ccc3F)ncn2)CC1C. The van der Waals surface area contributed by atoms with Crippen LogP contribution in [0.5, 0.6) is 11.6 Å². The molecule has 0 saturated carbocycles. The number of ether oxygens (including phenoxy) is 1. The van der Waals surface area contributed by atoms with E-state index >= 15 is 0 Å². The van der Waals surface area contributed by atoms with Crippen LogP contribution in [0.25, 0.3) is 0 Å². The number of urea groups is 1. The Morgan fingerprint density at radius 1 is 1.33 bits per heavy atom. The standard InChI is InChI=1S/C19H24FN5O2/c1-4-21-19(26)25-8-7-24(11-14(25)3)17-10-18(23-12-22-17)27-16-9-13(2)5-6-15(16)20/h5-6,9-10,12,14H,4,7-8,11H2,1-3H3,(H,21,26). The summed E-state index contributed by atoms with van der Waals surface area (Å²) in [6.07, 6.45) is 1.40. The zero-order chi connectivity index (χ0) is 19.4. The Bertz CT molecular complexity index is 816. The van der Waals surface area contributed by atoms with E-state index in [1.165, 1.54) is 12.4 Å². The molecule has 0 radical (unpaired) electrons. The number of anilines is 1. The molecule has 144 valence electrons. The number of aromatic nitrogens is 2. The van der Waals surface area contributed by atoms with Gasteiger partial charge in [0.15, 0.2) is 11.6 Å². The average Bonchev–Trinajstić information content (AvgIpc) is 2.65. The highest BCUT2D eigenvalue weighted by Crippen LogP contribution is 2.26. The summed E-state index contributed by atoms with van der Waals surface area (Å²) in [6, 6.07) is 6.36. The Kier molecular flexibility index (Phi) is 5.73. The molecule has 1 saturated heterocycles. The van der Waals surface area contributed by atoms with Crippen molar-refractivity contribution in [1.82, 2.24) is 20.2 Å². The largest absolute Gasteiger partial charge is 0.436 e. The summed E-state index contributed by atoms with van der Waals surface area (Å²) in [5.74, 6) is 0.665. The van der Waals surface area contributed by atoms with Crippen LogP contribution in [0.1, 0.15) is 19.4 Å². The van der Waals surface area contributed by atoms with Crippen LogP contribution in [0.15, 0.2) is 30.6 Å². The number of nitrogens with one attached hydrogen (secondary N) is 1.